The summed E-state index contributed by atoms with van der Waals surface area (Å²) in [7, 11) is 0. The summed E-state index contributed by atoms with van der Waals surface area (Å²) >= 11 is 0. The topological polar surface area (TPSA) is 24.7 Å². The number of rotatable bonds is 2. The predicted octanol–water partition coefficient (Wildman–Crippen LogP) is 3.99. The average Bonchev–Trinajstić information content (AvgIpc) is 2.97. The molecule has 0 unspecified atom stereocenters. The zero-order valence-corrected chi connectivity index (χ0v) is 8.92. The third kappa shape index (κ3) is 1.60. The Morgan fingerprint density at radius 3 is 1.88 bits per heavy atom. The molecule has 16 heavy (non-hydrogen) atoms. The summed E-state index contributed by atoms with van der Waals surface area (Å²) < 4.78 is 38.0. The fraction of sp³-hybridized carbons (Fsp3) is 0.455. The third-order valence-corrected chi connectivity index (χ3v) is 2.68. The van der Waals surface area contributed by atoms with Crippen LogP contribution in [0.25, 0.3) is 0 Å². The summed E-state index contributed by atoms with van der Waals surface area (Å²) in [6.07, 6.45) is -4.44. The number of hydrogen-bond acceptors (Lipinski definition) is 2. The zero-order valence-electron chi connectivity index (χ0n) is 8.92. The maximum Gasteiger partial charge on any atom is 0.442 e. The van der Waals surface area contributed by atoms with E-state index in [2.05, 4.69) is 10.2 Å². The van der Waals surface area contributed by atoms with Crippen LogP contribution < -0.4 is 0 Å². The largest absolute Gasteiger partial charge is 0.442 e. The second-order valence-corrected chi connectivity index (χ2v) is 4.15. The predicted molar refractivity (Wildman–Crippen MR) is 53.1 cm³/mol. The Kier molecular flexibility index (Phi) is 2.29. The van der Waals surface area contributed by atoms with Crippen molar-refractivity contribution in [3.63, 3.8) is 0 Å². The Bertz CT molecular complexity index is 412. The molecule has 1 aliphatic rings. The van der Waals surface area contributed by atoms with Crippen LogP contribution in [0.1, 0.15) is 30.9 Å². The number of hydrogen-bond donors (Lipinski definition) is 0. The van der Waals surface area contributed by atoms with E-state index in [9.17, 15) is 13.2 Å². The van der Waals surface area contributed by atoms with E-state index >= 15 is 0 Å². The van der Waals surface area contributed by atoms with E-state index in [0.717, 1.165) is 5.56 Å². The first-order valence-corrected chi connectivity index (χ1v) is 4.98. The van der Waals surface area contributed by atoms with Crippen molar-refractivity contribution in [1.29, 1.82) is 0 Å². The van der Waals surface area contributed by atoms with E-state index in [1.165, 1.54) is 12.1 Å². The average molecular weight is 228 g/mol. The lowest BCUT2D eigenvalue weighted by molar-refractivity contribution is -0.166. The summed E-state index contributed by atoms with van der Waals surface area (Å²) in [5, 5.41) is 6.30. The van der Waals surface area contributed by atoms with Gasteiger partial charge in [-0.1, -0.05) is 38.1 Å². The molecule has 1 aliphatic heterocycles. The Morgan fingerprint density at radius 2 is 1.56 bits per heavy atom. The molecule has 0 radical (unpaired) electrons. The monoisotopic (exact) mass is 228 g/mol. The lowest BCUT2D eigenvalue weighted by atomic mass is 9.97. The van der Waals surface area contributed by atoms with Crippen LogP contribution in [0, 0.1) is 0 Å². The van der Waals surface area contributed by atoms with E-state index < -0.39 is 11.8 Å². The van der Waals surface area contributed by atoms with Gasteiger partial charge >= 0.3 is 11.8 Å². The Labute approximate surface area is 91.2 Å². The van der Waals surface area contributed by atoms with Crippen LogP contribution in [0.4, 0.5) is 13.2 Å². The van der Waals surface area contributed by atoms with Gasteiger partial charge in [-0.2, -0.15) is 13.2 Å². The normalized spacial score (nSPS) is 17.9. The quantitative estimate of drug-likeness (QED) is 0.731. The molecule has 2 nitrogen and oxygen atoms in total. The first-order chi connectivity index (χ1) is 7.37. The maximum atomic E-state index is 12.7. The molecule has 2 rings (SSSR count). The molecule has 0 aromatic heterocycles. The molecule has 0 atom stereocenters. The molecule has 5 heteroatoms. The molecule has 0 fully saturated rings. The molecule has 0 saturated heterocycles. The molecular weight excluding hydrogens is 217 g/mol. The molecule has 86 valence electrons. The van der Waals surface area contributed by atoms with E-state index in [1.54, 1.807) is 12.1 Å². The fourth-order valence-electron chi connectivity index (χ4n) is 1.54. The van der Waals surface area contributed by atoms with Crippen molar-refractivity contribution in [3.8, 4) is 0 Å². The minimum Gasteiger partial charge on any atom is -0.166 e. The van der Waals surface area contributed by atoms with E-state index in [4.69, 9.17) is 0 Å². The number of alkyl halides is 3. The molecule has 1 heterocycles. The lowest BCUT2D eigenvalue weighted by Crippen LogP contribution is -2.30. The van der Waals surface area contributed by atoms with Gasteiger partial charge in [-0.05, 0) is 11.5 Å². The van der Waals surface area contributed by atoms with Crippen LogP contribution in [0.3, 0.4) is 0 Å². The summed E-state index contributed by atoms with van der Waals surface area (Å²) in [5.74, 6) is 0.295. The highest BCUT2D eigenvalue weighted by molar-refractivity contribution is 5.33. The smallest absolute Gasteiger partial charge is 0.166 e. The first kappa shape index (κ1) is 11.1. The van der Waals surface area contributed by atoms with Gasteiger partial charge < -0.3 is 0 Å². The number of halogens is 3. The van der Waals surface area contributed by atoms with Crippen molar-refractivity contribution in [2.24, 2.45) is 10.2 Å². The molecule has 0 aliphatic carbocycles. The van der Waals surface area contributed by atoms with Gasteiger partial charge in [-0.25, -0.2) is 0 Å². The van der Waals surface area contributed by atoms with Gasteiger partial charge in [-0.15, -0.1) is 10.2 Å². The van der Waals surface area contributed by atoms with Crippen molar-refractivity contribution in [1.82, 2.24) is 0 Å². The van der Waals surface area contributed by atoms with Crippen LogP contribution >= 0.6 is 0 Å². The molecule has 0 N–H and O–H groups in total. The molecule has 0 bridgehead atoms. The Morgan fingerprint density at radius 1 is 1.06 bits per heavy atom. The molecular formula is C11H11F3N2. The molecule has 0 amide bonds. The highest BCUT2D eigenvalue weighted by atomic mass is 19.4. The molecule has 0 saturated carbocycles. The van der Waals surface area contributed by atoms with E-state index in [-0.39, 0.29) is 5.56 Å². The van der Waals surface area contributed by atoms with E-state index in [1.807, 2.05) is 13.8 Å². The van der Waals surface area contributed by atoms with Crippen LogP contribution in [0.15, 0.2) is 34.5 Å². The van der Waals surface area contributed by atoms with E-state index in [0.29, 0.717) is 5.92 Å². The second kappa shape index (κ2) is 3.30. The summed E-state index contributed by atoms with van der Waals surface area (Å²) in [4.78, 5) is 0. The maximum absolute atomic E-state index is 12.7. The summed E-state index contributed by atoms with van der Waals surface area (Å²) in [6, 6.07) is 6.28. The van der Waals surface area contributed by atoms with Gasteiger partial charge in [0.2, 0.25) is 0 Å². The van der Waals surface area contributed by atoms with Crippen LogP contribution in [-0.4, -0.2) is 6.18 Å². The molecule has 1 aromatic carbocycles. The summed E-state index contributed by atoms with van der Waals surface area (Å²) in [6.45, 7) is 3.97. The minimum absolute atomic E-state index is 0.0874. The first-order valence-electron chi connectivity index (χ1n) is 4.98. The van der Waals surface area contributed by atoms with Crippen molar-refractivity contribution < 1.29 is 13.2 Å². The van der Waals surface area contributed by atoms with Gasteiger partial charge in [0, 0.05) is 5.56 Å². The Hall–Kier alpha value is -1.39. The highest BCUT2D eigenvalue weighted by Gasteiger charge is 2.65. The van der Waals surface area contributed by atoms with Gasteiger partial charge in [-0.3, -0.25) is 0 Å². The highest BCUT2D eigenvalue weighted by Crippen LogP contribution is 2.52. The standard InChI is InChI=1S/C11H11F3N2/c1-7(2)8-3-5-9(6-4-8)10(15-16-10)11(12,13)14/h3-7H,1-2H3. The molecule has 1 aromatic rings. The van der Waals surface area contributed by atoms with Gasteiger partial charge in [0.05, 0.1) is 0 Å². The molecule has 0 spiro atoms. The third-order valence-electron chi connectivity index (χ3n) is 2.68. The fourth-order valence-corrected chi connectivity index (χ4v) is 1.54. The number of benzene rings is 1. The van der Waals surface area contributed by atoms with Crippen molar-refractivity contribution in [2.45, 2.75) is 31.6 Å². The SMILES string of the molecule is CC(C)c1ccc(C2(C(F)(F)F)N=N2)cc1. The lowest BCUT2D eigenvalue weighted by Gasteiger charge is -2.15. The van der Waals surface area contributed by atoms with Crippen molar-refractivity contribution >= 4 is 0 Å². The van der Waals surface area contributed by atoms with Crippen molar-refractivity contribution in [2.75, 3.05) is 0 Å². The zero-order chi connectivity index (χ0) is 12.0. The van der Waals surface area contributed by atoms with Gasteiger partial charge in [0.15, 0.2) is 0 Å². The van der Waals surface area contributed by atoms with Crippen LogP contribution in [0.5, 0.6) is 0 Å². The minimum atomic E-state index is -4.44. The second-order valence-electron chi connectivity index (χ2n) is 4.15. The number of nitrogens with zero attached hydrogens (tertiary/aromatic N) is 2. The summed E-state index contributed by atoms with van der Waals surface area (Å²) in [5.41, 5.74) is -1.20. The van der Waals surface area contributed by atoms with Crippen LogP contribution in [-0.2, 0) is 5.66 Å². The van der Waals surface area contributed by atoms with Crippen LogP contribution in [0.2, 0.25) is 0 Å². The van der Waals surface area contributed by atoms with Gasteiger partial charge in [0.25, 0.3) is 0 Å². The van der Waals surface area contributed by atoms with Crippen molar-refractivity contribution in [3.05, 3.63) is 35.4 Å². The van der Waals surface area contributed by atoms with Gasteiger partial charge in [0.1, 0.15) is 0 Å². The Balaban J connectivity index is 2.30.